The van der Waals surface area contributed by atoms with Gasteiger partial charge in [0.1, 0.15) is 5.75 Å². The lowest BCUT2D eigenvalue weighted by molar-refractivity contribution is 0.415. The minimum Gasteiger partial charge on any atom is -0.495 e. The Morgan fingerprint density at radius 1 is 1.08 bits per heavy atom. The number of methoxy groups -OCH3 is 1. The van der Waals surface area contributed by atoms with Crippen molar-refractivity contribution < 1.29 is 4.74 Å². The molecule has 5 nitrogen and oxygen atoms in total. The van der Waals surface area contributed by atoms with E-state index in [-0.39, 0.29) is 0 Å². The van der Waals surface area contributed by atoms with Gasteiger partial charge in [-0.1, -0.05) is 29.8 Å². The Kier molecular flexibility index (Phi) is 3.99. The van der Waals surface area contributed by atoms with Crippen LogP contribution >= 0.6 is 11.6 Å². The molecule has 2 aromatic heterocycles. The number of hydrogen-bond acceptors (Lipinski definition) is 4. The maximum atomic E-state index is 6.26. The normalized spacial score (nSPS) is 10.8. The predicted octanol–water partition coefficient (Wildman–Crippen LogP) is 4.80. The van der Waals surface area contributed by atoms with Gasteiger partial charge < -0.3 is 10.1 Å². The van der Waals surface area contributed by atoms with Gasteiger partial charge in [0, 0.05) is 23.6 Å². The van der Waals surface area contributed by atoms with Gasteiger partial charge in [-0.25, -0.2) is 9.97 Å². The fourth-order valence-corrected chi connectivity index (χ4v) is 2.96. The van der Waals surface area contributed by atoms with Crippen molar-refractivity contribution in [3.63, 3.8) is 0 Å². The molecular weight excluding hydrogens is 336 g/mol. The van der Waals surface area contributed by atoms with Gasteiger partial charge in [-0.2, -0.15) is 0 Å². The van der Waals surface area contributed by atoms with Crippen LogP contribution in [0.15, 0.2) is 67.1 Å². The molecule has 4 rings (SSSR count). The molecule has 0 spiro atoms. The van der Waals surface area contributed by atoms with E-state index < -0.39 is 0 Å². The van der Waals surface area contributed by atoms with E-state index in [0.717, 1.165) is 22.6 Å². The highest BCUT2D eigenvalue weighted by Gasteiger charge is 2.12. The van der Waals surface area contributed by atoms with Crippen LogP contribution in [-0.2, 0) is 0 Å². The zero-order valence-electron chi connectivity index (χ0n) is 13.5. The molecule has 0 atom stereocenters. The minimum absolute atomic E-state index is 0.562. The molecule has 0 radical (unpaired) electrons. The lowest BCUT2D eigenvalue weighted by atomic mass is 10.1. The summed E-state index contributed by atoms with van der Waals surface area (Å²) in [7, 11) is 1.60. The number of rotatable bonds is 4. The Morgan fingerprint density at radius 3 is 2.68 bits per heavy atom. The number of benzene rings is 2. The van der Waals surface area contributed by atoms with Crippen molar-refractivity contribution >= 4 is 28.8 Å². The molecule has 0 saturated heterocycles. The van der Waals surface area contributed by atoms with Gasteiger partial charge in [-0.3, -0.25) is 4.40 Å². The van der Waals surface area contributed by atoms with Crippen molar-refractivity contribution in [2.24, 2.45) is 0 Å². The van der Waals surface area contributed by atoms with E-state index in [1.54, 1.807) is 13.3 Å². The summed E-state index contributed by atoms with van der Waals surface area (Å²) in [5.41, 5.74) is 3.58. The maximum Gasteiger partial charge on any atom is 0.180 e. The Balaban J connectivity index is 1.77. The Hall–Kier alpha value is -3.05. The lowest BCUT2D eigenvalue weighted by Crippen LogP contribution is -1.98. The maximum absolute atomic E-state index is 6.26. The zero-order valence-corrected chi connectivity index (χ0v) is 14.2. The quantitative estimate of drug-likeness (QED) is 0.574. The van der Waals surface area contributed by atoms with Crippen LogP contribution in [0.25, 0.3) is 16.9 Å². The van der Waals surface area contributed by atoms with Crippen LogP contribution in [0.5, 0.6) is 5.75 Å². The monoisotopic (exact) mass is 350 g/mol. The summed E-state index contributed by atoms with van der Waals surface area (Å²) in [4.78, 5) is 8.94. The van der Waals surface area contributed by atoms with Crippen molar-refractivity contribution in [2.75, 3.05) is 12.4 Å². The molecule has 4 aromatic rings. The molecule has 0 saturated carbocycles. The van der Waals surface area contributed by atoms with E-state index in [2.05, 4.69) is 15.3 Å². The van der Waals surface area contributed by atoms with Gasteiger partial charge in [-0.15, -0.1) is 0 Å². The zero-order chi connectivity index (χ0) is 17.2. The molecule has 25 heavy (non-hydrogen) atoms. The summed E-state index contributed by atoms with van der Waals surface area (Å²) >= 11 is 6.26. The molecule has 2 heterocycles. The second-order valence-electron chi connectivity index (χ2n) is 5.45. The number of para-hydroxylation sites is 1. The van der Waals surface area contributed by atoms with Gasteiger partial charge >= 0.3 is 0 Å². The van der Waals surface area contributed by atoms with E-state index in [4.69, 9.17) is 16.3 Å². The van der Waals surface area contributed by atoms with Gasteiger partial charge in [0.25, 0.3) is 0 Å². The number of aromatic nitrogens is 3. The molecular formula is C19H15ClN4O. The third-order valence-electron chi connectivity index (χ3n) is 3.91. The first kappa shape index (κ1) is 15.5. The van der Waals surface area contributed by atoms with Crippen molar-refractivity contribution in [1.82, 2.24) is 14.4 Å². The number of fused-ring (bicyclic) bond motifs is 1. The van der Waals surface area contributed by atoms with Gasteiger partial charge in [0.2, 0.25) is 0 Å². The van der Waals surface area contributed by atoms with E-state index in [1.807, 2.05) is 65.3 Å². The smallest absolute Gasteiger partial charge is 0.180 e. The molecule has 0 bridgehead atoms. The molecule has 0 amide bonds. The van der Waals surface area contributed by atoms with Gasteiger partial charge in [0.05, 0.1) is 24.0 Å². The number of nitrogens with zero attached hydrogens (tertiary/aromatic N) is 3. The molecule has 2 aromatic carbocycles. The Morgan fingerprint density at radius 2 is 1.92 bits per heavy atom. The van der Waals surface area contributed by atoms with Crippen LogP contribution in [0.2, 0.25) is 5.02 Å². The van der Waals surface area contributed by atoms with Crippen LogP contribution in [0.1, 0.15) is 0 Å². The standard InChI is InChI=1S/C19H15ClN4O/c1-25-17-8-7-13(11-15(17)20)16-12-22-19-18(21-9-10-24(16)19)23-14-5-3-2-4-6-14/h2-12H,1H3,(H,21,23). The second kappa shape index (κ2) is 6.45. The Labute approximate surface area is 149 Å². The first-order chi connectivity index (χ1) is 12.3. The summed E-state index contributed by atoms with van der Waals surface area (Å²) in [6, 6.07) is 15.6. The summed E-state index contributed by atoms with van der Waals surface area (Å²) in [5.74, 6) is 1.34. The third-order valence-corrected chi connectivity index (χ3v) is 4.21. The number of halogens is 1. The van der Waals surface area contributed by atoms with Crippen molar-refractivity contribution in [2.45, 2.75) is 0 Å². The molecule has 6 heteroatoms. The highest BCUT2D eigenvalue weighted by molar-refractivity contribution is 6.32. The van der Waals surface area contributed by atoms with Crippen molar-refractivity contribution in [3.8, 4) is 17.0 Å². The minimum atomic E-state index is 0.562. The van der Waals surface area contributed by atoms with Crippen LogP contribution in [0.3, 0.4) is 0 Å². The van der Waals surface area contributed by atoms with E-state index >= 15 is 0 Å². The summed E-state index contributed by atoms with van der Waals surface area (Å²) in [6.07, 6.45) is 5.44. The number of hydrogen-bond donors (Lipinski definition) is 1. The van der Waals surface area contributed by atoms with E-state index in [0.29, 0.717) is 16.6 Å². The Bertz CT molecular complexity index is 1030. The van der Waals surface area contributed by atoms with Crippen LogP contribution in [0, 0.1) is 0 Å². The highest BCUT2D eigenvalue weighted by Crippen LogP contribution is 2.31. The molecule has 0 aliphatic carbocycles. The average molecular weight is 351 g/mol. The number of imidazole rings is 1. The van der Waals surface area contributed by atoms with E-state index in [9.17, 15) is 0 Å². The molecule has 0 aliphatic heterocycles. The number of nitrogens with one attached hydrogen (secondary N) is 1. The molecule has 0 fully saturated rings. The van der Waals surface area contributed by atoms with Gasteiger partial charge in [0.15, 0.2) is 11.5 Å². The number of anilines is 2. The lowest BCUT2D eigenvalue weighted by Gasteiger charge is -2.08. The summed E-state index contributed by atoms with van der Waals surface area (Å²) < 4.78 is 7.20. The largest absolute Gasteiger partial charge is 0.495 e. The molecule has 0 unspecified atom stereocenters. The fourth-order valence-electron chi connectivity index (χ4n) is 2.70. The van der Waals surface area contributed by atoms with Crippen LogP contribution < -0.4 is 10.1 Å². The van der Waals surface area contributed by atoms with Crippen molar-refractivity contribution in [3.05, 3.63) is 72.1 Å². The topological polar surface area (TPSA) is 51.5 Å². The van der Waals surface area contributed by atoms with E-state index in [1.165, 1.54) is 0 Å². The first-order valence-corrected chi connectivity index (χ1v) is 8.12. The van der Waals surface area contributed by atoms with Crippen LogP contribution in [0.4, 0.5) is 11.5 Å². The molecule has 124 valence electrons. The summed E-state index contributed by atoms with van der Waals surface area (Å²) in [5, 5.41) is 3.86. The SMILES string of the molecule is COc1ccc(-c2cnc3c(Nc4ccccc4)nccn23)cc1Cl. The molecule has 1 N–H and O–H groups in total. The average Bonchev–Trinajstić information content (AvgIpc) is 3.08. The fraction of sp³-hybridized carbons (Fsp3) is 0.0526. The number of ether oxygens (including phenoxy) is 1. The summed E-state index contributed by atoms with van der Waals surface area (Å²) in [6.45, 7) is 0. The highest BCUT2D eigenvalue weighted by atomic mass is 35.5. The van der Waals surface area contributed by atoms with Crippen molar-refractivity contribution in [1.29, 1.82) is 0 Å². The van der Waals surface area contributed by atoms with Crippen LogP contribution in [-0.4, -0.2) is 21.5 Å². The first-order valence-electron chi connectivity index (χ1n) is 7.74. The third kappa shape index (κ3) is 2.90. The second-order valence-corrected chi connectivity index (χ2v) is 5.86. The van der Waals surface area contributed by atoms with Gasteiger partial charge in [-0.05, 0) is 30.3 Å². The molecule has 0 aliphatic rings. The predicted molar refractivity (Wildman–Crippen MR) is 99.7 cm³/mol.